The zero-order chi connectivity index (χ0) is 6.58. The highest BCUT2D eigenvalue weighted by Crippen LogP contribution is 2.66. The van der Waals surface area contributed by atoms with Crippen LogP contribution in [0, 0.1) is 11.3 Å². The van der Waals surface area contributed by atoms with Crippen molar-refractivity contribution in [1.29, 1.82) is 0 Å². The summed E-state index contributed by atoms with van der Waals surface area (Å²) in [5.74, 6) is 0.0108. The highest BCUT2D eigenvalue weighted by atomic mass is 35.5. The van der Waals surface area contributed by atoms with Gasteiger partial charge in [-0.1, -0.05) is 32.4 Å². The summed E-state index contributed by atoms with van der Waals surface area (Å²) in [6.07, 6.45) is 0. The molecule has 0 radical (unpaired) electrons. The van der Waals surface area contributed by atoms with Crippen molar-refractivity contribution < 1.29 is 4.39 Å². The van der Waals surface area contributed by atoms with Gasteiger partial charge in [-0.25, -0.2) is 4.39 Å². The average molecular weight is 137 g/mol. The molecule has 1 fully saturated rings. The van der Waals surface area contributed by atoms with Crippen molar-refractivity contribution in [2.75, 3.05) is 0 Å². The summed E-state index contributed by atoms with van der Waals surface area (Å²) in [5.41, 5.74) is -0.297. The second kappa shape index (κ2) is 1.21. The molecule has 8 heavy (non-hydrogen) atoms. The summed E-state index contributed by atoms with van der Waals surface area (Å²) in [5, 5.41) is -1.42. The number of hydrogen-bond donors (Lipinski definition) is 0. The second-order valence-corrected chi connectivity index (χ2v) is 3.62. The second-order valence-electron chi connectivity index (χ2n) is 3.07. The van der Waals surface area contributed by atoms with Gasteiger partial charge in [-0.2, -0.15) is 0 Å². The van der Waals surface area contributed by atoms with Crippen LogP contribution in [-0.4, -0.2) is 5.13 Å². The highest BCUT2D eigenvalue weighted by molar-refractivity contribution is 6.25. The van der Waals surface area contributed by atoms with Crippen LogP contribution >= 0.6 is 11.6 Å². The Balaban J connectivity index is 2.72. The molecule has 0 amide bonds. The van der Waals surface area contributed by atoms with Gasteiger partial charge in [0.15, 0.2) is 5.13 Å². The van der Waals surface area contributed by atoms with Crippen LogP contribution in [0.4, 0.5) is 4.39 Å². The minimum absolute atomic E-state index is 0.0108. The first-order valence-electron chi connectivity index (χ1n) is 2.78. The summed E-state index contributed by atoms with van der Waals surface area (Å²) in [4.78, 5) is 0. The maximum Gasteiger partial charge on any atom is 0.192 e. The van der Waals surface area contributed by atoms with Crippen molar-refractivity contribution in [3.05, 3.63) is 0 Å². The lowest BCUT2D eigenvalue weighted by Crippen LogP contribution is -1.97. The Labute approximate surface area is 54.0 Å². The van der Waals surface area contributed by atoms with Crippen LogP contribution in [0.1, 0.15) is 20.8 Å². The summed E-state index contributed by atoms with van der Waals surface area (Å²) >= 11 is 5.42. The van der Waals surface area contributed by atoms with Crippen LogP contribution in [-0.2, 0) is 0 Å². The van der Waals surface area contributed by atoms with Gasteiger partial charge in [-0.15, -0.1) is 0 Å². The van der Waals surface area contributed by atoms with Gasteiger partial charge in [0.1, 0.15) is 0 Å². The molecule has 48 valence electrons. The quantitative estimate of drug-likeness (QED) is 0.449. The van der Waals surface area contributed by atoms with Crippen molar-refractivity contribution in [1.82, 2.24) is 0 Å². The van der Waals surface area contributed by atoms with Crippen molar-refractivity contribution in [3.63, 3.8) is 0 Å². The highest BCUT2D eigenvalue weighted by Gasteiger charge is 2.69. The van der Waals surface area contributed by atoms with Gasteiger partial charge < -0.3 is 0 Å². The van der Waals surface area contributed by atoms with Crippen LogP contribution in [0.3, 0.4) is 0 Å². The Morgan fingerprint density at radius 3 is 1.62 bits per heavy atom. The third-order valence-corrected chi connectivity index (χ3v) is 3.22. The molecule has 2 heteroatoms. The van der Waals surface area contributed by atoms with Gasteiger partial charge in [0.2, 0.25) is 0 Å². The molecule has 1 saturated carbocycles. The lowest BCUT2D eigenvalue weighted by Gasteiger charge is -1.97. The zero-order valence-electron chi connectivity index (χ0n) is 5.33. The number of halogens is 2. The maximum absolute atomic E-state index is 12.7. The van der Waals surface area contributed by atoms with Crippen LogP contribution < -0.4 is 0 Å². The van der Waals surface area contributed by atoms with Crippen LogP contribution in [0.5, 0.6) is 0 Å². The standard InChI is InChI=1S/C6H10ClF/c1-4-5(2,3)6(4,7)8/h4H,1-3H3/t4-,6-/m0/s1. The SMILES string of the molecule is C[C@H]1C(C)(C)[C@]1(F)Cl. The van der Waals surface area contributed by atoms with E-state index in [1.807, 2.05) is 20.8 Å². The normalized spacial score (nSPS) is 51.4. The summed E-state index contributed by atoms with van der Waals surface area (Å²) < 4.78 is 12.7. The van der Waals surface area contributed by atoms with E-state index in [1.54, 1.807) is 0 Å². The Kier molecular flexibility index (Phi) is 0.956. The van der Waals surface area contributed by atoms with Gasteiger partial charge in [-0.05, 0) is 0 Å². The smallest absolute Gasteiger partial charge is 0.192 e. The van der Waals surface area contributed by atoms with Gasteiger partial charge in [-0.3, -0.25) is 0 Å². The third-order valence-electron chi connectivity index (χ3n) is 2.40. The van der Waals surface area contributed by atoms with Crippen LogP contribution in [0.25, 0.3) is 0 Å². The van der Waals surface area contributed by atoms with E-state index in [0.29, 0.717) is 0 Å². The van der Waals surface area contributed by atoms with Crippen molar-refractivity contribution >= 4 is 11.6 Å². The molecule has 1 aliphatic rings. The topological polar surface area (TPSA) is 0 Å². The largest absolute Gasteiger partial charge is 0.225 e. The molecule has 0 aromatic rings. The lowest BCUT2D eigenvalue weighted by atomic mass is 10.1. The van der Waals surface area contributed by atoms with Gasteiger partial charge in [0, 0.05) is 11.3 Å². The summed E-state index contributed by atoms with van der Waals surface area (Å²) in [6, 6.07) is 0. The van der Waals surface area contributed by atoms with E-state index in [4.69, 9.17) is 11.6 Å². The Hall–Kier alpha value is 0.220. The fourth-order valence-corrected chi connectivity index (χ4v) is 1.28. The fraction of sp³-hybridized carbons (Fsp3) is 1.00. The number of rotatable bonds is 0. The van der Waals surface area contributed by atoms with Gasteiger partial charge >= 0.3 is 0 Å². The molecule has 0 unspecified atom stereocenters. The Morgan fingerprint density at radius 1 is 1.50 bits per heavy atom. The summed E-state index contributed by atoms with van der Waals surface area (Å²) in [6.45, 7) is 5.50. The minimum atomic E-state index is -1.42. The summed E-state index contributed by atoms with van der Waals surface area (Å²) in [7, 11) is 0. The van der Waals surface area contributed by atoms with Gasteiger partial charge in [0.05, 0.1) is 0 Å². The number of alkyl halides is 2. The first kappa shape index (κ1) is 6.34. The molecule has 0 bridgehead atoms. The minimum Gasteiger partial charge on any atom is -0.225 e. The van der Waals surface area contributed by atoms with E-state index >= 15 is 0 Å². The molecule has 0 aliphatic heterocycles. The molecule has 1 rings (SSSR count). The van der Waals surface area contributed by atoms with Crippen LogP contribution in [0.2, 0.25) is 0 Å². The molecule has 0 aromatic heterocycles. The molecule has 0 spiro atoms. The Morgan fingerprint density at radius 2 is 1.62 bits per heavy atom. The maximum atomic E-state index is 12.7. The van der Waals surface area contributed by atoms with E-state index < -0.39 is 5.13 Å². The predicted octanol–water partition coefficient (Wildman–Crippen LogP) is 2.57. The van der Waals surface area contributed by atoms with Crippen molar-refractivity contribution in [3.8, 4) is 0 Å². The first-order valence-corrected chi connectivity index (χ1v) is 3.16. The fourth-order valence-electron chi connectivity index (χ4n) is 0.898. The van der Waals surface area contributed by atoms with E-state index in [0.717, 1.165) is 0 Å². The van der Waals surface area contributed by atoms with Crippen molar-refractivity contribution in [2.45, 2.75) is 25.9 Å². The molecule has 0 aromatic carbocycles. The molecule has 1 aliphatic carbocycles. The lowest BCUT2D eigenvalue weighted by molar-refractivity contribution is 0.348. The van der Waals surface area contributed by atoms with E-state index in [1.165, 1.54) is 0 Å². The average Bonchev–Trinajstić information content (AvgIpc) is 1.88. The monoisotopic (exact) mass is 136 g/mol. The van der Waals surface area contributed by atoms with E-state index in [-0.39, 0.29) is 11.3 Å². The molecular weight excluding hydrogens is 127 g/mol. The predicted molar refractivity (Wildman–Crippen MR) is 32.6 cm³/mol. The van der Waals surface area contributed by atoms with Gasteiger partial charge in [0.25, 0.3) is 0 Å². The molecule has 2 atom stereocenters. The molecule has 0 nitrogen and oxygen atoms in total. The van der Waals surface area contributed by atoms with E-state index in [9.17, 15) is 4.39 Å². The zero-order valence-corrected chi connectivity index (χ0v) is 6.09. The molecule has 0 saturated heterocycles. The number of hydrogen-bond acceptors (Lipinski definition) is 0. The molecule has 0 N–H and O–H groups in total. The first-order chi connectivity index (χ1) is 3.40. The van der Waals surface area contributed by atoms with Crippen molar-refractivity contribution in [2.24, 2.45) is 11.3 Å². The third kappa shape index (κ3) is 0.459. The molecular formula is C6H10ClF. The van der Waals surface area contributed by atoms with Crippen LogP contribution in [0.15, 0.2) is 0 Å². The Bertz CT molecular complexity index is 104. The van der Waals surface area contributed by atoms with E-state index in [2.05, 4.69) is 0 Å². The molecule has 0 heterocycles.